The molecule has 2 saturated heterocycles. The largest absolute Gasteiger partial charge is 0.337 e. The van der Waals surface area contributed by atoms with Gasteiger partial charge in [-0.1, -0.05) is 13.8 Å². The molecule has 3 atom stereocenters. The van der Waals surface area contributed by atoms with E-state index in [2.05, 4.69) is 24.1 Å². The lowest BCUT2D eigenvalue weighted by molar-refractivity contribution is -0.132. The number of hydrogen-bond donors (Lipinski definition) is 1. The van der Waals surface area contributed by atoms with Crippen LogP contribution in [0.25, 0.3) is 0 Å². The first-order chi connectivity index (χ1) is 6.25. The molecule has 0 radical (unpaired) electrons. The number of piperazine rings is 1. The quantitative estimate of drug-likeness (QED) is 0.639. The van der Waals surface area contributed by atoms with Crippen molar-refractivity contribution in [1.82, 2.24) is 10.2 Å². The lowest BCUT2D eigenvalue weighted by Gasteiger charge is -2.32. The first kappa shape index (κ1) is 9.00. The summed E-state index contributed by atoms with van der Waals surface area (Å²) in [5.41, 5.74) is 0. The van der Waals surface area contributed by atoms with E-state index in [9.17, 15) is 4.79 Å². The third-order valence-electron chi connectivity index (χ3n) is 3.56. The Kier molecular flexibility index (Phi) is 2.28. The number of amides is 1. The van der Waals surface area contributed by atoms with Crippen LogP contribution < -0.4 is 5.32 Å². The number of carbonyl (C=O) groups is 1. The van der Waals surface area contributed by atoms with Crippen molar-refractivity contribution < 1.29 is 4.79 Å². The summed E-state index contributed by atoms with van der Waals surface area (Å²) in [6, 6.07) is 0.464. The molecule has 74 valence electrons. The van der Waals surface area contributed by atoms with Crippen molar-refractivity contribution in [2.24, 2.45) is 11.8 Å². The van der Waals surface area contributed by atoms with E-state index >= 15 is 0 Å². The molecule has 0 aromatic heterocycles. The van der Waals surface area contributed by atoms with Crippen LogP contribution >= 0.6 is 0 Å². The van der Waals surface area contributed by atoms with Crippen LogP contribution in [0.5, 0.6) is 0 Å². The van der Waals surface area contributed by atoms with Gasteiger partial charge in [0, 0.05) is 31.6 Å². The van der Waals surface area contributed by atoms with Crippen LogP contribution in [0.1, 0.15) is 20.3 Å². The summed E-state index contributed by atoms with van der Waals surface area (Å²) in [5.74, 6) is 1.21. The summed E-state index contributed by atoms with van der Waals surface area (Å²) in [7, 11) is 0. The first-order valence-electron chi connectivity index (χ1n) is 5.27. The molecule has 2 fully saturated rings. The fourth-order valence-electron chi connectivity index (χ4n) is 2.72. The van der Waals surface area contributed by atoms with Gasteiger partial charge in [0.25, 0.3) is 0 Å². The van der Waals surface area contributed by atoms with Gasteiger partial charge in [-0.3, -0.25) is 4.79 Å². The predicted molar refractivity (Wildman–Crippen MR) is 51.3 cm³/mol. The van der Waals surface area contributed by atoms with Gasteiger partial charge in [-0.25, -0.2) is 0 Å². The molecule has 0 aromatic carbocycles. The van der Waals surface area contributed by atoms with Crippen molar-refractivity contribution in [3.05, 3.63) is 0 Å². The molecule has 2 heterocycles. The highest BCUT2D eigenvalue weighted by molar-refractivity contribution is 5.82. The Morgan fingerprint density at radius 3 is 3.00 bits per heavy atom. The smallest absolute Gasteiger partial charge is 0.226 e. The molecular formula is C10H18N2O. The molecule has 2 aliphatic rings. The minimum Gasteiger partial charge on any atom is -0.337 e. The van der Waals surface area contributed by atoms with Gasteiger partial charge in [-0.05, 0) is 12.3 Å². The second kappa shape index (κ2) is 3.29. The zero-order chi connectivity index (χ0) is 9.42. The second-order valence-corrected chi connectivity index (χ2v) is 4.18. The Hall–Kier alpha value is -0.570. The van der Waals surface area contributed by atoms with Gasteiger partial charge >= 0.3 is 0 Å². The van der Waals surface area contributed by atoms with Crippen molar-refractivity contribution in [2.75, 3.05) is 19.6 Å². The molecule has 0 aromatic rings. The molecular weight excluding hydrogens is 164 g/mol. The maximum absolute atomic E-state index is 11.9. The minimum absolute atomic E-state index is 0.282. The normalized spacial score (nSPS) is 39.4. The van der Waals surface area contributed by atoms with Crippen molar-refractivity contribution in [1.29, 1.82) is 0 Å². The van der Waals surface area contributed by atoms with Gasteiger partial charge in [-0.15, -0.1) is 0 Å². The number of hydrogen-bond acceptors (Lipinski definition) is 2. The van der Waals surface area contributed by atoms with Crippen LogP contribution in [-0.4, -0.2) is 36.5 Å². The summed E-state index contributed by atoms with van der Waals surface area (Å²) in [5, 5.41) is 3.36. The molecule has 2 aliphatic heterocycles. The molecule has 1 amide bonds. The molecule has 0 saturated carbocycles. The zero-order valence-electron chi connectivity index (χ0n) is 8.42. The van der Waals surface area contributed by atoms with Crippen molar-refractivity contribution in [3.8, 4) is 0 Å². The maximum atomic E-state index is 11.9. The van der Waals surface area contributed by atoms with Gasteiger partial charge in [-0.2, -0.15) is 0 Å². The SMILES string of the molecule is CCC1C(=O)N2CCNCC2C1C. The Labute approximate surface area is 79.5 Å². The van der Waals surface area contributed by atoms with Gasteiger partial charge in [0.1, 0.15) is 0 Å². The van der Waals surface area contributed by atoms with E-state index in [0.717, 1.165) is 26.1 Å². The van der Waals surface area contributed by atoms with Crippen LogP contribution in [0.3, 0.4) is 0 Å². The van der Waals surface area contributed by atoms with E-state index in [-0.39, 0.29) is 5.92 Å². The predicted octanol–water partition coefficient (Wildman–Crippen LogP) is 0.463. The van der Waals surface area contributed by atoms with Gasteiger partial charge in [0.15, 0.2) is 0 Å². The van der Waals surface area contributed by atoms with E-state index in [0.29, 0.717) is 17.9 Å². The second-order valence-electron chi connectivity index (χ2n) is 4.18. The Balaban J connectivity index is 2.17. The highest BCUT2D eigenvalue weighted by atomic mass is 16.2. The molecule has 3 heteroatoms. The van der Waals surface area contributed by atoms with Gasteiger partial charge < -0.3 is 10.2 Å². The summed E-state index contributed by atoms with van der Waals surface area (Å²) < 4.78 is 0. The lowest BCUT2D eigenvalue weighted by Crippen LogP contribution is -2.50. The topological polar surface area (TPSA) is 32.3 Å². The van der Waals surface area contributed by atoms with Gasteiger partial charge in [0.2, 0.25) is 5.91 Å². The number of nitrogens with zero attached hydrogens (tertiary/aromatic N) is 1. The number of nitrogens with one attached hydrogen (secondary N) is 1. The zero-order valence-corrected chi connectivity index (χ0v) is 8.42. The summed E-state index contributed by atoms with van der Waals surface area (Å²) in [4.78, 5) is 14.0. The average molecular weight is 182 g/mol. The lowest BCUT2D eigenvalue weighted by atomic mass is 9.90. The Morgan fingerprint density at radius 2 is 2.38 bits per heavy atom. The molecule has 2 rings (SSSR count). The van der Waals surface area contributed by atoms with Gasteiger partial charge in [0.05, 0.1) is 0 Å². The van der Waals surface area contributed by atoms with Crippen LogP contribution in [0.15, 0.2) is 0 Å². The van der Waals surface area contributed by atoms with E-state index in [1.807, 2.05) is 0 Å². The first-order valence-corrected chi connectivity index (χ1v) is 5.27. The molecule has 13 heavy (non-hydrogen) atoms. The highest BCUT2D eigenvalue weighted by Crippen LogP contribution is 2.33. The van der Waals surface area contributed by atoms with Crippen LogP contribution in [0, 0.1) is 11.8 Å². The van der Waals surface area contributed by atoms with E-state index in [1.165, 1.54) is 0 Å². The molecule has 0 spiro atoms. The fourth-order valence-corrected chi connectivity index (χ4v) is 2.72. The number of carbonyl (C=O) groups excluding carboxylic acids is 1. The third kappa shape index (κ3) is 1.26. The standard InChI is InChI=1S/C10H18N2O/c1-3-8-7(2)9-6-11-4-5-12(9)10(8)13/h7-9,11H,3-6H2,1-2H3. The van der Waals surface area contributed by atoms with Crippen molar-refractivity contribution in [2.45, 2.75) is 26.3 Å². The Morgan fingerprint density at radius 1 is 1.62 bits per heavy atom. The third-order valence-corrected chi connectivity index (χ3v) is 3.56. The molecule has 3 nitrogen and oxygen atoms in total. The summed E-state index contributed by atoms with van der Waals surface area (Å²) in [6.45, 7) is 7.19. The number of fused-ring (bicyclic) bond motifs is 1. The highest BCUT2D eigenvalue weighted by Gasteiger charge is 2.44. The van der Waals surface area contributed by atoms with Crippen molar-refractivity contribution in [3.63, 3.8) is 0 Å². The minimum atomic E-state index is 0.282. The summed E-state index contributed by atoms with van der Waals surface area (Å²) >= 11 is 0. The summed E-state index contributed by atoms with van der Waals surface area (Å²) in [6.07, 6.45) is 0.993. The number of rotatable bonds is 1. The average Bonchev–Trinajstić information content (AvgIpc) is 2.41. The van der Waals surface area contributed by atoms with Crippen LogP contribution in [-0.2, 0) is 4.79 Å². The maximum Gasteiger partial charge on any atom is 0.226 e. The van der Waals surface area contributed by atoms with Crippen molar-refractivity contribution >= 4 is 5.91 Å². The van der Waals surface area contributed by atoms with E-state index in [1.54, 1.807) is 0 Å². The molecule has 3 unspecified atom stereocenters. The monoisotopic (exact) mass is 182 g/mol. The fraction of sp³-hybridized carbons (Fsp3) is 0.900. The Bertz CT molecular complexity index is 217. The molecule has 1 N–H and O–H groups in total. The molecule has 0 aliphatic carbocycles. The van der Waals surface area contributed by atoms with E-state index < -0.39 is 0 Å². The van der Waals surface area contributed by atoms with Crippen LogP contribution in [0.2, 0.25) is 0 Å². The van der Waals surface area contributed by atoms with Crippen LogP contribution in [0.4, 0.5) is 0 Å². The van der Waals surface area contributed by atoms with E-state index in [4.69, 9.17) is 0 Å². The molecule has 0 bridgehead atoms.